The van der Waals surface area contributed by atoms with Gasteiger partial charge in [0.15, 0.2) is 17.7 Å². The number of nitrogens with zero attached hydrogens (tertiary/aromatic N) is 2. The highest BCUT2D eigenvalue weighted by molar-refractivity contribution is 7.80. The largest absolute Gasteiger partial charge is 0.459 e. The number of cyclic esters (lactones) is 1. The van der Waals surface area contributed by atoms with Gasteiger partial charge in [0.2, 0.25) is 0 Å². The molecule has 0 unspecified atom stereocenters. The molecule has 0 saturated carbocycles. The fourth-order valence-electron chi connectivity index (χ4n) is 8.89. The van der Waals surface area contributed by atoms with Crippen LogP contribution in [0, 0.1) is 23.7 Å². The van der Waals surface area contributed by atoms with Gasteiger partial charge in [-0.3, -0.25) is 19.4 Å². The number of pyridine rings is 1. The first kappa shape index (κ1) is 46.0. The van der Waals surface area contributed by atoms with E-state index >= 15 is 4.39 Å². The third kappa shape index (κ3) is 10.1. The van der Waals surface area contributed by atoms with Gasteiger partial charge < -0.3 is 44.3 Å². The fraction of sp³-hybridized carbons (Fsp3) is 0.628. The summed E-state index contributed by atoms with van der Waals surface area (Å²) >= 11 is 5.40. The summed E-state index contributed by atoms with van der Waals surface area (Å²) in [5.74, 6) is -6.57. The second-order valence-corrected chi connectivity index (χ2v) is 17.3. The van der Waals surface area contributed by atoms with Crippen molar-refractivity contribution >= 4 is 58.0 Å². The molecule has 324 valence electrons. The van der Waals surface area contributed by atoms with Crippen molar-refractivity contribution in [2.24, 2.45) is 23.7 Å². The van der Waals surface area contributed by atoms with E-state index in [9.17, 15) is 24.3 Å². The number of aliphatic hydroxyl groups excluding tert-OH is 1. The number of carbonyl (C=O) groups excluding carboxylic acids is 4. The van der Waals surface area contributed by atoms with E-state index in [0.717, 1.165) is 10.9 Å². The van der Waals surface area contributed by atoms with Crippen LogP contribution >= 0.6 is 12.2 Å². The zero-order valence-corrected chi connectivity index (χ0v) is 36.3. The van der Waals surface area contributed by atoms with Gasteiger partial charge in [-0.1, -0.05) is 45.9 Å². The minimum Gasteiger partial charge on any atom is -0.459 e. The number of Topliss-reactive ketones (excluding diaryl/α,β-unsaturated/α-hetero) is 2. The number of halogens is 1. The molecule has 4 heterocycles. The molecule has 0 bridgehead atoms. The first-order valence-electron chi connectivity index (χ1n) is 20.3. The van der Waals surface area contributed by atoms with E-state index < -0.39 is 102 Å². The number of rotatable bonds is 8. The SMILES string of the molecule is CC[C@H]1OC(=O)[C@H](C)C(=O)[C@H](C)[C@@H](O[C@@H]2O[C@H](C)C[C@H](N(C)C)[C@H]2O)[C@](C)(OC(=O)NCC(F)=Cc2cnc3ccccc3c2)C[C@@H](C)C(=O)[C@H](C)[C@H]2NC(=S)O[C@@]21C. The van der Waals surface area contributed by atoms with Crippen LogP contribution in [0.1, 0.15) is 80.2 Å². The minimum absolute atomic E-state index is 0.0362. The Labute approximate surface area is 350 Å². The number of esters is 1. The molecule has 0 spiro atoms. The number of carbonyl (C=O) groups is 4. The summed E-state index contributed by atoms with van der Waals surface area (Å²) in [4.78, 5) is 62.8. The van der Waals surface area contributed by atoms with Crippen LogP contribution in [0.3, 0.4) is 0 Å². The van der Waals surface area contributed by atoms with Crippen molar-refractivity contribution in [3.05, 3.63) is 47.9 Å². The number of fused-ring (bicyclic) bond motifs is 2. The number of hydrogen-bond donors (Lipinski definition) is 3. The van der Waals surface area contributed by atoms with Crippen LogP contribution in [0.4, 0.5) is 9.18 Å². The molecule has 59 heavy (non-hydrogen) atoms. The Morgan fingerprint density at radius 2 is 1.81 bits per heavy atom. The van der Waals surface area contributed by atoms with Crippen LogP contribution in [0.25, 0.3) is 17.0 Å². The summed E-state index contributed by atoms with van der Waals surface area (Å²) in [5.41, 5.74) is -1.88. The molecule has 3 N–H and O–H groups in total. The van der Waals surface area contributed by atoms with E-state index in [1.807, 2.05) is 50.2 Å². The second-order valence-electron chi connectivity index (χ2n) is 17.0. The predicted octanol–water partition coefficient (Wildman–Crippen LogP) is 5.28. The summed E-state index contributed by atoms with van der Waals surface area (Å²) in [6, 6.07) is 8.02. The van der Waals surface area contributed by atoms with Crippen LogP contribution in [0.2, 0.25) is 0 Å². The van der Waals surface area contributed by atoms with E-state index in [1.165, 1.54) is 33.0 Å². The molecule has 14 nitrogen and oxygen atoms in total. The standard InChI is InChI=1S/C43H59FN4O10S/c1-11-32-43(8)36(47-41(59)58-43)24(4)33(49)22(2)19-42(7,57-40(53)46-21-29(44)18-27-17-28-14-12-13-15-30(28)45-20-27)37(25(5)34(50)26(6)38(52)55-32)56-39-35(51)31(48(9)10)16-23(3)54-39/h12-15,17-18,20,22-26,31-32,35-37,39,51H,11,16,19,21H2,1-10H3,(H,46,53)(H,47,59)/t22-,23-,24+,25+,26-,31+,32-,35-,36-,37-,39+,42-,43-/m1/s1. The molecule has 5 rings (SSSR count). The van der Waals surface area contributed by atoms with Crippen molar-refractivity contribution in [2.75, 3.05) is 20.6 Å². The van der Waals surface area contributed by atoms with E-state index in [-0.39, 0.29) is 23.5 Å². The van der Waals surface area contributed by atoms with Gasteiger partial charge in [0.1, 0.15) is 41.4 Å². The third-order valence-corrected chi connectivity index (χ3v) is 12.3. The van der Waals surface area contributed by atoms with E-state index in [0.29, 0.717) is 18.4 Å². The number of benzene rings is 1. The number of likely N-dealkylation sites (N-methyl/N-ethyl adjacent to an activating group) is 1. The Morgan fingerprint density at radius 3 is 2.49 bits per heavy atom. The lowest BCUT2D eigenvalue weighted by Crippen LogP contribution is -2.60. The summed E-state index contributed by atoms with van der Waals surface area (Å²) in [7, 11) is 3.62. The first-order chi connectivity index (χ1) is 27.7. The molecule has 3 aliphatic rings. The fourth-order valence-corrected chi connectivity index (χ4v) is 9.20. The van der Waals surface area contributed by atoms with Crippen molar-refractivity contribution in [1.29, 1.82) is 0 Å². The van der Waals surface area contributed by atoms with Gasteiger partial charge in [-0.2, -0.15) is 0 Å². The minimum atomic E-state index is -1.83. The Kier molecular flexibility index (Phi) is 14.6. The van der Waals surface area contributed by atoms with Crippen LogP contribution < -0.4 is 10.6 Å². The molecule has 1 aromatic heterocycles. The van der Waals surface area contributed by atoms with Crippen molar-refractivity contribution in [3.8, 4) is 0 Å². The van der Waals surface area contributed by atoms with Crippen LogP contribution in [-0.2, 0) is 38.1 Å². The van der Waals surface area contributed by atoms with Gasteiger partial charge in [-0.05, 0) is 97.0 Å². The molecule has 1 aromatic carbocycles. The van der Waals surface area contributed by atoms with Gasteiger partial charge in [-0.15, -0.1) is 0 Å². The average Bonchev–Trinajstić information content (AvgIpc) is 3.50. The number of ether oxygens (including phenoxy) is 5. The van der Waals surface area contributed by atoms with Crippen LogP contribution in [-0.4, -0.2) is 118 Å². The molecule has 1 amide bonds. The van der Waals surface area contributed by atoms with E-state index in [2.05, 4.69) is 15.6 Å². The molecule has 2 aromatic rings. The normalized spacial score (nSPS) is 36.3. The quantitative estimate of drug-likeness (QED) is 0.178. The van der Waals surface area contributed by atoms with Crippen LogP contribution in [0.5, 0.6) is 0 Å². The smallest absolute Gasteiger partial charge is 0.408 e. The van der Waals surface area contributed by atoms with E-state index in [4.69, 9.17) is 35.9 Å². The number of para-hydroxylation sites is 1. The lowest BCUT2D eigenvalue weighted by atomic mass is 9.73. The molecular formula is C43H59FN4O10S. The Bertz CT molecular complexity index is 1930. The number of thiocarbonyl (C=S) groups is 1. The lowest BCUT2D eigenvalue weighted by Gasteiger charge is -2.47. The van der Waals surface area contributed by atoms with Crippen molar-refractivity contribution in [3.63, 3.8) is 0 Å². The molecule has 3 saturated heterocycles. The van der Waals surface area contributed by atoms with Gasteiger partial charge in [0.05, 0.1) is 24.2 Å². The Morgan fingerprint density at radius 1 is 1.12 bits per heavy atom. The highest BCUT2D eigenvalue weighted by Crippen LogP contribution is 2.40. The zero-order valence-electron chi connectivity index (χ0n) is 35.5. The van der Waals surface area contributed by atoms with Crippen molar-refractivity contribution in [1.82, 2.24) is 20.5 Å². The number of amides is 1. The number of alkyl carbamates (subject to hydrolysis) is 1. The lowest BCUT2D eigenvalue weighted by molar-refractivity contribution is -0.292. The van der Waals surface area contributed by atoms with Crippen LogP contribution in [0.15, 0.2) is 42.4 Å². The van der Waals surface area contributed by atoms with Gasteiger partial charge in [0, 0.05) is 35.4 Å². The van der Waals surface area contributed by atoms with Gasteiger partial charge in [-0.25, -0.2) is 9.18 Å². The summed E-state index contributed by atoms with van der Waals surface area (Å²) < 4.78 is 46.3. The summed E-state index contributed by atoms with van der Waals surface area (Å²) in [5, 5.41) is 18.0. The average molecular weight is 843 g/mol. The summed E-state index contributed by atoms with van der Waals surface area (Å²) in [6.45, 7) is 12.6. The monoisotopic (exact) mass is 842 g/mol. The number of aromatic nitrogens is 1. The number of aliphatic hydroxyl groups is 1. The highest BCUT2D eigenvalue weighted by atomic mass is 32.1. The molecular weight excluding hydrogens is 784 g/mol. The maximum atomic E-state index is 15.4. The number of ketones is 2. The number of nitrogens with one attached hydrogen (secondary N) is 2. The van der Waals surface area contributed by atoms with Crippen molar-refractivity contribution in [2.45, 2.75) is 129 Å². The molecule has 13 atom stereocenters. The maximum Gasteiger partial charge on any atom is 0.408 e. The molecule has 0 radical (unpaired) electrons. The third-order valence-electron chi connectivity index (χ3n) is 12.1. The van der Waals surface area contributed by atoms with Gasteiger partial charge in [0.25, 0.3) is 5.17 Å². The van der Waals surface area contributed by atoms with Gasteiger partial charge >= 0.3 is 12.1 Å². The zero-order chi connectivity index (χ0) is 43.6. The highest BCUT2D eigenvalue weighted by Gasteiger charge is 2.57. The van der Waals surface area contributed by atoms with Crippen molar-refractivity contribution < 1.29 is 52.4 Å². The summed E-state index contributed by atoms with van der Waals surface area (Å²) in [6.07, 6.45) is -2.93. The molecule has 3 aliphatic heterocycles. The number of hydrogen-bond acceptors (Lipinski definition) is 13. The first-order valence-corrected chi connectivity index (χ1v) is 20.7. The predicted molar refractivity (Wildman–Crippen MR) is 221 cm³/mol. The molecule has 0 aliphatic carbocycles. The maximum absolute atomic E-state index is 15.4. The Balaban J connectivity index is 1.53. The molecule has 3 fully saturated rings. The molecule has 16 heteroatoms. The second kappa shape index (κ2) is 18.7. The topological polar surface area (TPSA) is 175 Å². The van der Waals surface area contributed by atoms with E-state index in [1.54, 1.807) is 33.8 Å². The Hall–Kier alpha value is -4.09.